The number of carbonyl (C=O) groups is 2. The lowest BCUT2D eigenvalue weighted by molar-refractivity contribution is 0.102. The number of benzene rings is 2. The number of nitrogens with zero attached hydrogens (tertiary/aromatic N) is 1. The van der Waals surface area contributed by atoms with Crippen LogP contribution in [0.1, 0.15) is 20.0 Å². The van der Waals surface area contributed by atoms with Crippen LogP contribution in [0.2, 0.25) is 5.02 Å². The Labute approximate surface area is 167 Å². The highest BCUT2D eigenvalue weighted by molar-refractivity contribution is 7.20. The number of anilines is 2. The quantitative estimate of drug-likeness (QED) is 0.443. The first-order valence-corrected chi connectivity index (χ1v) is 9.31. The molecule has 0 saturated heterocycles. The van der Waals surface area contributed by atoms with Gasteiger partial charge in [-0.3, -0.25) is 14.7 Å². The summed E-state index contributed by atoms with van der Waals surface area (Å²) in [5, 5.41) is 13.5. The second-order valence-electron chi connectivity index (χ2n) is 5.85. The Morgan fingerprint density at radius 1 is 1.00 bits per heavy atom. The topological polar surface area (TPSA) is 86.9 Å². The molecule has 140 valence electrons. The van der Waals surface area contributed by atoms with E-state index in [0.717, 1.165) is 0 Å². The molecule has 0 aliphatic rings. The third-order valence-corrected chi connectivity index (χ3v) is 5.21. The molecule has 0 saturated carbocycles. The van der Waals surface area contributed by atoms with Crippen LogP contribution in [0, 0.1) is 5.82 Å². The molecule has 0 fully saturated rings. The molecule has 2 aromatic carbocycles. The average molecular weight is 415 g/mol. The Morgan fingerprint density at radius 3 is 2.43 bits per heavy atom. The Morgan fingerprint density at radius 2 is 1.71 bits per heavy atom. The van der Waals surface area contributed by atoms with Gasteiger partial charge in [-0.2, -0.15) is 5.10 Å². The minimum absolute atomic E-state index is 0.326. The predicted octanol–water partition coefficient (Wildman–Crippen LogP) is 4.92. The molecule has 4 aromatic rings. The van der Waals surface area contributed by atoms with Crippen LogP contribution in [0.5, 0.6) is 0 Å². The molecule has 28 heavy (non-hydrogen) atoms. The van der Waals surface area contributed by atoms with E-state index >= 15 is 0 Å². The van der Waals surface area contributed by atoms with Gasteiger partial charge in [0.15, 0.2) is 5.82 Å². The second kappa shape index (κ2) is 7.41. The smallest absolute Gasteiger partial charge is 0.265 e. The van der Waals surface area contributed by atoms with E-state index in [2.05, 4.69) is 20.8 Å². The van der Waals surface area contributed by atoms with E-state index in [1.54, 1.807) is 30.3 Å². The van der Waals surface area contributed by atoms with Crippen LogP contribution in [-0.2, 0) is 0 Å². The van der Waals surface area contributed by atoms with Gasteiger partial charge in [0.05, 0.1) is 10.3 Å². The number of hydrogen-bond acceptors (Lipinski definition) is 4. The number of amides is 2. The third kappa shape index (κ3) is 3.73. The zero-order valence-corrected chi connectivity index (χ0v) is 15.7. The van der Waals surface area contributed by atoms with E-state index in [-0.39, 0.29) is 17.6 Å². The van der Waals surface area contributed by atoms with Gasteiger partial charge >= 0.3 is 0 Å². The van der Waals surface area contributed by atoms with Crippen molar-refractivity contribution in [3.63, 3.8) is 0 Å². The molecule has 6 nitrogen and oxygen atoms in total. The fourth-order valence-electron chi connectivity index (χ4n) is 2.53. The maximum Gasteiger partial charge on any atom is 0.265 e. The van der Waals surface area contributed by atoms with Crippen molar-refractivity contribution < 1.29 is 14.0 Å². The number of nitrogens with one attached hydrogen (secondary N) is 3. The molecule has 0 aliphatic carbocycles. The average Bonchev–Trinajstić information content (AvgIpc) is 3.26. The SMILES string of the molecule is O=C(Nc1n[nH]c2sc(C(=O)Nc3ccc(F)cc3)cc12)c1ccc(Cl)cc1. The Hall–Kier alpha value is -3.23. The molecule has 0 radical (unpaired) electrons. The Bertz CT molecular complexity index is 1170. The zero-order valence-electron chi connectivity index (χ0n) is 14.1. The van der Waals surface area contributed by atoms with Gasteiger partial charge in [0.2, 0.25) is 0 Å². The molecule has 0 aliphatic heterocycles. The first kappa shape index (κ1) is 18.1. The number of thiophene rings is 1. The summed E-state index contributed by atoms with van der Waals surface area (Å²) in [6.07, 6.45) is 0. The van der Waals surface area contributed by atoms with Crippen molar-refractivity contribution in [3.05, 3.63) is 75.9 Å². The molecule has 0 unspecified atom stereocenters. The minimum Gasteiger partial charge on any atom is -0.321 e. The lowest BCUT2D eigenvalue weighted by Gasteiger charge is -2.03. The van der Waals surface area contributed by atoms with Gasteiger partial charge in [0.1, 0.15) is 10.6 Å². The zero-order chi connectivity index (χ0) is 19.7. The summed E-state index contributed by atoms with van der Waals surface area (Å²) in [5.41, 5.74) is 0.919. The van der Waals surface area contributed by atoms with E-state index in [9.17, 15) is 14.0 Å². The highest BCUT2D eigenvalue weighted by Crippen LogP contribution is 2.30. The number of aromatic nitrogens is 2. The fourth-order valence-corrected chi connectivity index (χ4v) is 3.55. The minimum atomic E-state index is -0.380. The summed E-state index contributed by atoms with van der Waals surface area (Å²) in [7, 11) is 0. The first-order chi connectivity index (χ1) is 13.5. The highest BCUT2D eigenvalue weighted by atomic mass is 35.5. The van der Waals surface area contributed by atoms with Gasteiger partial charge in [-0.15, -0.1) is 11.3 Å². The van der Waals surface area contributed by atoms with Crippen molar-refractivity contribution in [1.29, 1.82) is 0 Å². The molecule has 0 atom stereocenters. The molecule has 0 spiro atoms. The first-order valence-electron chi connectivity index (χ1n) is 8.11. The van der Waals surface area contributed by atoms with Crippen LogP contribution in [0.15, 0.2) is 54.6 Å². The summed E-state index contributed by atoms with van der Waals surface area (Å²) in [6, 6.07) is 13.6. The van der Waals surface area contributed by atoms with Crippen LogP contribution in [-0.4, -0.2) is 22.0 Å². The number of halogens is 2. The van der Waals surface area contributed by atoms with E-state index in [1.165, 1.54) is 35.6 Å². The van der Waals surface area contributed by atoms with Crippen LogP contribution in [0.25, 0.3) is 10.2 Å². The summed E-state index contributed by atoms with van der Waals surface area (Å²) in [4.78, 5) is 25.9. The van der Waals surface area contributed by atoms with Gasteiger partial charge in [-0.25, -0.2) is 4.39 Å². The van der Waals surface area contributed by atoms with Crippen molar-refractivity contribution in [3.8, 4) is 0 Å². The molecule has 2 aromatic heterocycles. The standard InChI is InChI=1S/C19H12ClFN4O2S/c20-11-3-1-10(2-4-11)17(26)23-16-14-9-15(28-19(14)25-24-16)18(27)22-13-7-5-12(21)6-8-13/h1-9H,(H,22,27)(H2,23,24,25,26). The van der Waals surface area contributed by atoms with Gasteiger partial charge in [-0.1, -0.05) is 11.6 Å². The highest BCUT2D eigenvalue weighted by Gasteiger charge is 2.17. The Balaban J connectivity index is 1.53. The van der Waals surface area contributed by atoms with Crippen molar-refractivity contribution >= 4 is 56.5 Å². The van der Waals surface area contributed by atoms with Crippen molar-refractivity contribution in [1.82, 2.24) is 10.2 Å². The van der Waals surface area contributed by atoms with Crippen molar-refractivity contribution in [2.45, 2.75) is 0 Å². The number of fused-ring (bicyclic) bond motifs is 1. The molecule has 9 heteroatoms. The monoisotopic (exact) mass is 414 g/mol. The predicted molar refractivity (Wildman–Crippen MR) is 108 cm³/mol. The van der Waals surface area contributed by atoms with Gasteiger partial charge < -0.3 is 10.6 Å². The number of hydrogen-bond donors (Lipinski definition) is 3. The van der Waals surface area contributed by atoms with E-state index in [1.807, 2.05) is 0 Å². The number of aromatic amines is 1. The van der Waals surface area contributed by atoms with Crippen LogP contribution < -0.4 is 10.6 Å². The van der Waals surface area contributed by atoms with E-state index < -0.39 is 0 Å². The summed E-state index contributed by atoms with van der Waals surface area (Å²) in [5.74, 6) is -0.730. The summed E-state index contributed by atoms with van der Waals surface area (Å²) < 4.78 is 13.0. The normalized spacial score (nSPS) is 10.8. The Kier molecular flexibility index (Phi) is 4.81. The molecular formula is C19H12ClFN4O2S. The lowest BCUT2D eigenvalue weighted by atomic mass is 10.2. The number of carbonyl (C=O) groups excluding carboxylic acids is 2. The van der Waals surface area contributed by atoms with Gasteiger partial charge in [0, 0.05) is 16.3 Å². The maximum absolute atomic E-state index is 13.0. The molecule has 2 heterocycles. The van der Waals surface area contributed by atoms with Crippen LogP contribution in [0.4, 0.5) is 15.9 Å². The number of rotatable bonds is 4. The molecule has 4 rings (SSSR count). The fraction of sp³-hybridized carbons (Fsp3) is 0. The second-order valence-corrected chi connectivity index (χ2v) is 7.34. The lowest BCUT2D eigenvalue weighted by Crippen LogP contribution is -2.12. The van der Waals surface area contributed by atoms with Crippen LogP contribution in [0.3, 0.4) is 0 Å². The molecular weight excluding hydrogens is 403 g/mol. The van der Waals surface area contributed by atoms with Crippen molar-refractivity contribution in [2.75, 3.05) is 10.6 Å². The van der Waals surface area contributed by atoms with E-state index in [4.69, 9.17) is 11.6 Å². The van der Waals surface area contributed by atoms with E-state index in [0.29, 0.717) is 37.2 Å². The van der Waals surface area contributed by atoms with Crippen molar-refractivity contribution in [2.24, 2.45) is 0 Å². The third-order valence-electron chi connectivity index (χ3n) is 3.92. The maximum atomic E-state index is 13.0. The molecule has 0 bridgehead atoms. The summed E-state index contributed by atoms with van der Waals surface area (Å²) >= 11 is 7.03. The number of H-pyrrole nitrogens is 1. The molecule has 3 N–H and O–H groups in total. The summed E-state index contributed by atoms with van der Waals surface area (Å²) in [6.45, 7) is 0. The van der Waals surface area contributed by atoms with Gasteiger partial charge in [-0.05, 0) is 54.6 Å². The van der Waals surface area contributed by atoms with Crippen LogP contribution >= 0.6 is 22.9 Å². The largest absolute Gasteiger partial charge is 0.321 e. The van der Waals surface area contributed by atoms with Gasteiger partial charge in [0.25, 0.3) is 11.8 Å². The molecule has 2 amide bonds.